The molecule has 17 heavy (non-hydrogen) atoms. The molecule has 0 radical (unpaired) electrons. The highest BCUT2D eigenvalue weighted by Gasteiger charge is 2.24. The maximum Gasteiger partial charge on any atom is 0.219 e. The fourth-order valence-corrected chi connectivity index (χ4v) is 2.28. The van der Waals surface area contributed by atoms with Gasteiger partial charge in [0.25, 0.3) is 0 Å². The molecular weight excluding hydrogens is 220 g/mol. The number of amides is 1. The van der Waals surface area contributed by atoms with Crippen LogP contribution in [0.3, 0.4) is 0 Å². The number of hydrogen-bond acceptors (Lipinski definition) is 4. The second kappa shape index (κ2) is 5.07. The first-order valence-corrected chi connectivity index (χ1v) is 5.83. The van der Waals surface area contributed by atoms with Gasteiger partial charge in [0.2, 0.25) is 5.91 Å². The Balaban J connectivity index is 2.04. The quantitative estimate of drug-likeness (QED) is 0.716. The lowest BCUT2D eigenvalue weighted by Gasteiger charge is -2.34. The van der Waals surface area contributed by atoms with E-state index in [1.165, 1.54) is 0 Å². The highest BCUT2D eigenvalue weighted by molar-refractivity contribution is 5.73. The van der Waals surface area contributed by atoms with Gasteiger partial charge in [0.1, 0.15) is 5.69 Å². The second-order valence-corrected chi connectivity index (χ2v) is 4.35. The van der Waals surface area contributed by atoms with Crippen LogP contribution in [-0.4, -0.2) is 44.7 Å². The smallest absolute Gasteiger partial charge is 0.219 e. The van der Waals surface area contributed by atoms with Crippen LogP contribution >= 0.6 is 0 Å². The van der Waals surface area contributed by atoms with E-state index in [2.05, 4.69) is 10.3 Å². The van der Waals surface area contributed by atoms with Crippen molar-refractivity contribution in [2.45, 2.75) is 38.8 Å². The molecule has 1 fully saturated rings. The Kier molecular flexibility index (Phi) is 3.51. The summed E-state index contributed by atoms with van der Waals surface area (Å²) in [5.41, 5.74) is 0.329. The summed E-state index contributed by atoms with van der Waals surface area (Å²) < 4.78 is 1.63. The molecule has 0 N–H and O–H groups in total. The average molecular weight is 236 g/mol. The number of nitrogens with zero attached hydrogens (tertiary/aromatic N) is 4. The fraction of sp³-hybridized carbons (Fsp3) is 0.636. The third kappa shape index (κ3) is 2.69. The third-order valence-corrected chi connectivity index (χ3v) is 3.11. The average Bonchev–Trinajstić information content (AvgIpc) is 2.77. The van der Waals surface area contributed by atoms with Gasteiger partial charge < -0.3 is 4.90 Å². The molecule has 1 saturated heterocycles. The summed E-state index contributed by atoms with van der Waals surface area (Å²) in [6, 6.07) is 0.169. The Morgan fingerprint density at radius 2 is 2.41 bits per heavy atom. The van der Waals surface area contributed by atoms with Gasteiger partial charge in [-0.3, -0.25) is 9.59 Å². The normalized spacial score (nSPS) is 20.3. The Morgan fingerprint density at radius 1 is 1.59 bits per heavy atom. The van der Waals surface area contributed by atoms with Gasteiger partial charge in [-0.05, 0) is 19.3 Å². The number of aromatic nitrogens is 3. The molecule has 1 aromatic rings. The second-order valence-electron chi connectivity index (χ2n) is 4.35. The van der Waals surface area contributed by atoms with Crippen molar-refractivity contribution < 1.29 is 9.59 Å². The van der Waals surface area contributed by atoms with Gasteiger partial charge in [-0.15, -0.1) is 5.10 Å². The molecule has 0 saturated carbocycles. The third-order valence-electron chi connectivity index (χ3n) is 3.11. The van der Waals surface area contributed by atoms with Gasteiger partial charge in [-0.2, -0.15) is 0 Å². The van der Waals surface area contributed by atoms with Crippen LogP contribution in [0.5, 0.6) is 0 Å². The van der Waals surface area contributed by atoms with Gasteiger partial charge in [0.05, 0.1) is 18.8 Å². The zero-order chi connectivity index (χ0) is 12.3. The number of aldehydes is 1. The van der Waals surface area contributed by atoms with E-state index in [1.807, 2.05) is 4.90 Å². The SMILES string of the molecule is CC(=O)N1CCCC[C@@H]1Cn1cc(C=O)nn1. The Hall–Kier alpha value is -1.72. The zero-order valence-corrected chi connectivity index (χ0v) is 9.87. The highest BCUT2D eigenvalue weighted by atomic mass is 16.2. The van der Waals surface area contributed by atoms with Crippen molar-refractivity contribution >= 4 is 12.2 Å². The standard InChI is InChI=1S/C11H16N4O2/c1-9(17)15-5-3-2-4-11(15)7-14-6-10(8-16)12-13-14/h6,8,11H,2-5,7H2,1H3/t11-/m1/s1. The summed E-state index contributed by atoms with van der Waals surface area (Å²) in [5, 5.41) is 7.58. The molecule has 0 aliphatic carbocycles. The molecule has 6 nitrogen and oxygen atoms in total. The van der Waals surface area contributed by atoms with E-state index >= 15 is 0 Å². The van der Waals surface area contributed by atoms with Crippen molar-refractivity contribution in [2.75, 3.05) is 6.54 Å². The van der Waals surface area contributed by atoms with Crippen molar-refractivity contribution in [1.82, 2.24) is 19.9 Å². The number of likely N-dealkylation sites (tertiary alicyclic amines) is 1. The molecule has 1 aliphatic heterocycles. The van der Waals surface area contributed by atoms with Crippen molar-refractivity contribution in [1.29, 1.82) is 0 Å². The highest BCUT2D eigenvalue weighted by Crippen LogP contribution is 2.18. The van der Waals surface area contributed by atoms with E-state index in [0.29, 0.717) is 18.5 Å². The minimum Gasteiger partial charge on any atom is -0.338 e. The summed E-state index contributed by atoms with van der Waals surface area (Å²) in [5.74, 6) is 0.102. The first-order valence-electron chi connectivity index (χ1n) is 5.83. The number of carbonyl (C=O) groups excluding carboxylic acids is 2. The summed E-state index contributed by atoms with van der Waals surface area (Å²) in [7, 11) is 0. The molecule has 0 bridgehead atoms. The molecule has 2 rings (SSSR count). The van der Waals surface area contributed by atoms with Crippen LogP contribution in [0.1, 0.15) is 36.7 Å². The number of carbonyl (C=O) groups is 2. The van der Waals surface area contributed by atoms with Crippen molar-refractivity contribution in [3.05, 3.63) is 11.9 Å². The summed E-state index contributed by atoms with van der Waals surface area (Å²) in [4.78, 5) is 23.9. The Labute approximate surface area is 99.6 Å². The molecule has 1 aromatic heterocycles. The molecule has 92 valence electrons. The van der Waals surface area contributed by atoms with E-state index in [1.54, 1.807) is 17.8 Å². The molecule has 1 atom stereocenters. The Bertz CT molecular complexity index is 415. The minimum absolute atomic E-state index is 0.102. The van der Waals surface area contributed by atoms with Gasteiger partial charge >= 0.3 is 0 Å². The van der Waals surface area contributed by atoms with Crippen LogP contribution in [0.15, 0.2) is 6.20 Å². The van der Waals surface area contributed by atoms with Gasteiger partial charge in [0.15, 0.2) is 6.29 Å². The number of rotatable bonds is 3. The molecule has 0 unspecified atom stereocenters. The largest absolute Gasteiger partial charge is 0.338 e. The van der Waals surface area contributed by atoms with E-state index in [4.69, 9.17) is 0 Å². The van der Waals surface area contributed by atoms with Gasteiger partial charge in [0, 0.05) is 13.5 Å². The zero-order valence-electron chi connectivity index (χ0n) is 9.87. The number of hydrogen-bond donors (Lipinski definition) is 0. The lowest BCUT2D eigenvalue weighted by molar-refractivity contribution is -0.132. The van der Waals surface area contributed by atoms with Crippen molar-refractivity contribution in [3.63, 3.8) is 0 Å². The summed E-state index contributed by atoms with van der Waals surface area (Å²) in [6.45, 7) is 3.02. The molecular formula is C11H16N4O2. The van der Waals surface area contributed by atoms with Gasteiger partial charge in [-0.25, -0.2) is 4.68 Å². The maximum atomic E-state index is 11.5. The van der Waals surface area contributed by atoms with Crippen LogP contribution in [0.25, 0.3) is 0 Å². The summed E-state index contributed by atoms with van der Waals surface area (Å²) >= 11 is 0. The maximum absolute atomic E-state index is 11.5. The van der Waals surface area contributed by atoms with Crippen LogP contribution in [0.2, 0.25) is 0 Å². The number of piperidine rings is 1. The van der Waals surface area contributed by atoms with Crippen LogP contribution in [0.4, 0.5) is 0 Å². The first-order chi connectivity index (χ1) is 8.20. The first kappa shape index (κ1) is 11.8. The van der Waals surface area contributed by atoms with Crippen LogP contribution in [-0.2, 0) is 11.3 Å². The molecule has 0 spiro atoms. The van der Waals surface area contributed by atoms with Gasteiger partial charge in [-0.1, -0.05) is 5.21 Å². The molecule has 6 heteroatoms. The van der Waals surface area contributed by atoms with Crippen LogP contribution in [0, 0.1) is 0 Å². The molecule has 1 amide bonds. The van der Waals surface area contributed by atoms with Crippen molar-refractivity contribution in [3.8, 4) is 0 Å². The van der Waals surface area contributed by atoms with E-state index in [9.17, 15) is 9.59 Å². The lowest BCUT2D eigenvalue weighted by atomic mass is 10.0. The molecule has 1 aliphatic rings. The molecule has 0 aromatic carbocycles. The Morgan fingerprint density at radius 3 is 3.06 bits per heavy atom. The fourth-order valence-electron chi connectivity index (χ4n) is 2.28. The predicted octanol–water partition coefficient (Wildman–Crippen LogP) is 0.492. The summed E-state index contributed by atoms with van der Waals surface area (Å²) in [6.07, 6.45) is 5.46. The van der Waals surface area contributed by atoms with E-state index in [-0.39, 0.29) is 11.9 Å². The topological polar surface area (TPSA) is 68.1 Å². The lowest BCUT2D eigenvalue weighted by Crippen LogP contribution is -2.44. The minimum atomic E-state index is 0.102. The predicted molar refractivity (Wildman–Crippen MR) is 60.4 cm³/mol. The monoisotopic (exact) mass is 236 g/mol. The van der Waals surface area contributed by atoms with Crippen molar-refractivity contribution in [2.24, 2.45) is 0 Å². The van der Waals surface area contributed by atoms with Crippen LogP contribution < -0.4 is 0 Å². The van der Waals surface area contributed by atoms with E-state index < -0.39 is 0 Å². The molecule has 2 heterocycles. The van der Waals surface area contributed by atoms with E-state index in [0.717, 1.165) is 25.8 Å².